The van der Waals surface area contributed by atoms with E-state index < -0.39 is 7.94 Å². The van der Waals surface area contributed by atoms with Gasteiger partial charge in [0, 0.05) is 0 Å². The van der Waals surface area contributed by atoms with Gasteiger partial charge in [0.2, 0.25) is 0 Å². The summed E-state index contributed by atoms with van der Waals surface area (Å²) in [6.07, 6.45) is 1.25. The maximum absolute atomic E-state index is 9.66. The molecule has 0 aliphatic carbocycles. The number of unbranched alkanes of at least 4 members (excludes halogenated alkanes) is 1. The van der Waals surface area contributed by atoms with Gasteiger partial charge in [-0.15, -0.1) is 0 Å². The predicted molar refractivity (Wildman–Crippen MR) is 35.1 cm³/mol. The molecule has 4 nitrogen and oxygen atoms in total. The van der Waals surface area contributed by atoms with Crippen LogP contribution in [0.2, 0.25) is 0 Å². The van der Waals surface area contributed by atoms with Gasteiger partial charge in [0.15, 0.2) is 0 Å². The fourth-order valence-corrected chi connectivity index (χ4v) is 1.10. The molecule has 0 saturated heterocycles. The molecule has 56 valence electrons. The van der Waals surface area contributed by atoms with E-state index in [1.807, 2.05) is 0 Å². The van der Waals surface area contributed by atoms with Crippen LogP contribution < -0.4 is 0 Å². The molecule has 0 saturated carbocycles. The Kier molecular flexibility index (Phi) is 3.89. The molecular weight excluding hydrogens is 143 g/mol. The molecule has 0 aromatic heterocycles. The van der Waals surface area contributed by atoms with Crippen LogP contribution in [0.4, 0.5) is 0 Å². The number of hydrogen-bond donors (Lipinski definition) is 3. The Balaban J connectivity index is 3.17. The molecule has 0 amide bonds. The van der Waals surface area contributed by atoms with E-state index in [1.54, 1.807) is 0 Å². The van der Waals surface area contributed by atoms with E-state index in [1.165, 1.54) is 0 Å². The molecule has 0 aromatic rings. The van der Waals surface area contributed by atoms with E-state index in [4.69, 9.17) is 14.7 Å². The molecular formula is C4H11O4P. The first kappa shape index (κ1) is 8.98. The van der Waals surface area contributed by atoms with E-state index >= 15 is 0 Å². The first-order chi connectivity index (χ1) is 4.06. The molecule has 3 N–H and O–H groups in total. The van der Waals surface area contributed by atoms with E-state index in [9.17, 15) is 4.79 Å². The second-order valence-electron chi connectivity index (χ2n) is 1.83. The van der Waals surface area contributed by atoms with Crippen molar-refractivity contribution in [1.82, 2.24) is 0 Å². The summed E-state index contributed by atoms with van der Waals surface area (Å²) in [4.78, 5) is 34.8. The molecule has 0 bridgehead atoms. The van der Waals surface area contributed by atoms with Crippen molar-refractivity contribution < 1.29 is 19.5 Å². The van der Waals surface area contributed by atoms with Gasteiger partial charge < -0.3 is 0 Å². The Morgan fingerprint density at radius 1 is 1.33 bits per heavy atom. The van der Waals surface area contributed by atoms with Crippen molar-refractivity contribution in [3.05, 3.63) is 0 Å². The summed E-state index contributed by atoms with van der Waals surface area (Å²) in [7, 11) is -3.85. The second-order valence-corrected chi connectivity index (χ2v) is 3.88. The molecule has 0 atom stereocenters. The third kappa shape index (κ3) is 7.98. The molecule has 5 heteroatoms. The van der Waals surface area contributed by atoms with Gasteiger partial charge in [-0.25, -0.2) is 0 Å². The van der Waals surface area contributed by atoms with Crippen LogP contribution in [0.5, 0.6) is 0 Å². The van der Waals surface area contributed by atoms with Crippen LogP contribution in [0.25, 0.3) is 0 Å². The molecule has 0 aliphatic rings. The van der Waals surface area contributed by atoms with E-state index in [0.29, 0.717) is 12.7 Å². The van der Waals surface area contributed by atoms with E-state index in [2.05, 4.69) is 0 Å². The summed E-state index contributed by atoms with van der Waals surface area (Å²) < 4.78 is 0. The molecule has 0 unspecified atom stereocenters. The Morgan fingerprint density at radius 2 is 1.89 bits per heavy atom. The van der Waals surface area contributed by atoms with Gasteiger partial charge in [0.25, 0.3) is 0 Å². The molecule has 0 rings (SSSR count). The average Bonchev–Trinajstić information content (AvgIpc) is 1.63. The van der Waals surface area contributed by atoms with Gasteiger partial charge in [-0.3, -0.25) is 0 Å². The van der Waals surface area contributed by atoms with Crippen molar-refractivity contribution >= 4 is 14.2 Å². The normalized spacial score (nSPS) is 13.2. The molecule has 0 spiro atoms. The maximum atomic E-state index is 9.66. The van der Waals surface area contributed by atoms with Crippen LogP contribution in [0.15, 0.2) is 0 Å². The molecule has 0 heterocycles. The Bertz CT molecular complexity index is 87.1. The number of carbonyl (C=O) groups is 1. The topological polar surface area (TPSA) is 77.8 Å². The van der Waals surface area contributed by atoms with Crippen LogP contribution in [-0.2, 0) is 4.79 Å². The van der Waals surface area contributed by atoms with Crippen LogP contribution in [0.1, 0.15) is 12.8 Å². The zero-order valence-electron chi connectivity index (χ0n) is 4.95. The summed E-state index contributed by atoms with van der Waals surface area (Å²) >= 11 is 0. The van der Waals surface area contributed by atoms with Gasteiger partial charge in [-0.2, -0.15) is 0 Å². The summed E-state index contributed by atoms with van der Waals surface area (Å²) in [5.41, 5.74) is 0. The molecule has 0 radical (unpaired) electrons. The van der Waals surface area contributed by atoms with E-state index in [-0.39, 0.29) is 12.6 Å². The van der Waals surface area contributed by atoms with Gasteiger partial charge in [0.05, 0.1) is 0 Å². The fourth-order valence-electron chi connectivity index (χ4n) is 0.423. The summed E-state index contributed by atoms with van der Waals surface area (Å²) in [5.74, 6) is 0. The van der Waals surface area contributed by atoms with Gasteiger partial charge in [-0.1, -0.05) is 0 Å². The van der Waals surface area contributed by atoms with Crippen LogP contribution >= 0.6 is 7.94 Å². The minimum absolute atomic E-state index is 0.0499. The number of aldehydes is 1. The molecule has 0 aromatic carbocycles. The SMILES string of the molecule is O=CCCC[PH](O)(O)O. The van der Waals surface area contributed by atoms with E-state index in [0.717, 1.165) is 0 Å². The van der Waals surface area contributed by atoms with Crippen molar-refractivity contribution in [3.63, 3.8) is 0 Å². The van der Waals surface area contributed by atoms with Gasteiger partial charge in [-0.05, 0) is 0 Å². The average molecular weight is 154 g/mol. The van der Waals surface area contributed by atoms with Crippen LogP contribution in [-0.4, -0.2) is 27.1 Å². The number of rotatable bonds is 4. The van der Waals surface area contributed by atoms with Crippen molar-refractivity contribution in [2.45, 2.75) is 12.8 Å². The quantitative estimate of drug-likeness (QED) is 0.288. The van der Waals surface area contributed by atoms with Gasteiger partial charge in [0.1, 0.15) is 0 Å². The third-order valence-electron chi connectivity index (χ3n) is 0.834. The van der Waals surface area contributed by atoms with Crippen molar-refractivity contribution in [2.75, 3.05) is 6.16 Å². The summed E-state index contributed by atoms with van der Waals surface area (Å²) in [5, 5.41) is 0. The summed E-state index contributed by atoms with van der Waals surface area (Å²) in [6, 6.07) is 0. The van der Waals surface area contributed by atoms with Crippen molar-refractivity contribution in [1.29, 1.82) is 0 Å². The number of carbonyl (C=O) groups excluding carboxylic acids is 1. The zero-order valence-corrected chi connectivity index (χ0v) is 5.95. The Morgan fingerprint density at radius 3 is 2.22 bits per heavy atom. The zero-order chi connectivity index (χ0) is 7.33. The molecule has 0 aliphatic heterocycles. The standard InChI is InChI=1S/C4H11O4P/c5-3-1-2-4-9(6,7)8/h3,6-9H,1-2,4H2. The first-order valence-corrected chi connectivity index (χ1v) is 4.72. The van der Waals surface area contributed by atoms with Crippen LogP contribution in [0, 0.1) is 0 Å². The monoisotopic (exact) mass is 154 g/mol. The fraction of sp³-hybridized carbons (Fsp3) is 0.750. The Hall–Kier alpha value is -0.0200. The third-order valence-corrected chi connectivity index (χ3v) is 1.86. The summed E-state index contributed by atoms with van der Waals surface area (Å²) in [6.45, 7) is 0. The van der Waals surface area contributed by atoms with Crippen LogP contribution in [0.3, 0.4) is 0 Å². The second kappa shape index (κ2) is 3.90. The molecule has 0 fully saturated rings. The first-order valence-electron chi connectivity index (χ1n) is 2.67. The molecule has 9 heavy (non-hydrogen) atoms. The van der Waals surface area contributed by atoms with Gasteiger partial charge >= 0.3 is 52.7 Å². The minimum atomic E-state index is -3.85. The Labute approximate surface area is 53.7 Å². The predicted octanol–water partition coefficient (Wildman–Crippen LogP) is -0.563. The van der Waals surface area contributed by atoms with Crippen molar-refractivity contribution in [2.24, 2.45) is 0 Å². The van der Waals surface area contributed by atoms with Crippen molar-refractivity contribution in [3.8, 4) is 0 Å². The number of hydrogen-bond acceptors (Lipinski definition) is 4.